The van der Waals surface area contributed by atoms with Gasteiger partial charge in [-0.3, -0.25) is 4.99 Å². The summed E-state index contributed by atoms with van der Waals surface area (Å²) in [6.45, 7) is 0.620. The van der Waals surface area contributed by atoms with Crippen LogP contribution in [0.15, 0.2) is 65.7 Å². The zero-order valence-corrected chi connectivity index (χ0v) is 9.56. The van der Waals surface area contributed by atoms with Crippen molar-refractivity contribution in [1.82, 2.24) is 0 Å². The van der Waals surface area contributed by atoms with Gasteiger partial charge in [0.2, 0.25) is 0 Å². The molecule has 0 aromatic heterocycles. The predicted octanol–water partition coefficient (Wildman–Crippen LogP) is 3.87. The van der Waals surface area contributed by atoms with Crippen LogP contribution in [0.4, 0.5) is 0 Å². The fourth-order valence-electron chi connectivity index (χ4n) is 1.41. The lowest BCUT2D eigenvalue weighted by Crippen LogP contribution is -1.92. The van der Waals surface area contributed by atoms with Crippen molar-refractivity contribution in [1.29, 1.82) is 0 Å². The van der Waals surface area contributed by atoms with E-state index in [0.29, 0.717) is 11.7 Å². The Morgan fingerprint density at radius 2 is 1.44 bits per heavy atom. The lowest BCUT2D eigenvalue weighted by molar-refractivity contribution is 1.07. The van der Waals surface area contributed by atoms with Gasteiger partial charge in [-0.1, -0.05) is 72.3 Å². The number of nitrogens with zero attached hydrogens (tertiary/aromatic N) is 1. The molecular weight excluding hydrogens is 218 g/mol. The second kappa shape index (κ2) is 5.47. The highest BCUT2D eigenvalue weighted by molar-refractivity contribution is 6.69. The summed E-state index contributed by atoms with van der Waals surface area (Å²) in [5.74, 6) is 0. The average molecular weight is 230 g/mol. The Kier molecular flexibility index (Phi) is 3.73. The zero-order valence-electron chi connectivity index (χ0n) is 8.81. The molecular formula is C14H12ClN. The van der Waals surface area contributed by atoms with Crippen molar-refractivity contribution >= 4 is 16.8 Å². The topological polar surface area (TPSA) is 12.4 Å². The molecule has 0 amide bonds. The number of hydrogen-bond acceptors (Lipinski definition) is 1. The van der Waals surface area contributed by atoms with Gasteiger partial charge in [0.1, 0.15) is 5.17 Å². The molecule has 0 bridgehead atoms. The van der Waals surface area contributed by atoms with E-state index in [4.69, 9.17) is 11.6 Å². The quantitative estimate of drug-likeness (QED) is 0.709. The first-order valence-electron chi connectivity index (χ1n) is 5.15. The maximum absolute atomic E-state index is 6.11. The van der Waals surface area contributed by atoms with Gasteiger partial charge in [-0.15, -0.1) is 0 Å². The Morgan fingerprint density at radius 1 is 0.875 bits per heavy atom. The Labute approximate surface area is 100 Å². The van der Waals surface area contributed by atoms with Crippen molar-refractivity contribution in [2.75, 3.05) is 0 Å². The highest BCUT2D eigenvalue weighted by Gasteiger charge is 1.97. The maximum Gasteiger partial charge on any atom is 0.131 e. The van der Waals surface area contributed by atoms with E-state index >= 15 is 0 Å². The molecule has 0 saturated heterocycles. The number of hydrogen-bond donors (Lipinski definition) is 0. The molecule has 0 spiro atoms. The van der Waals surface area contributed by atoms with Crippen LogP contribution >= 0.6 is 11.6 Å². The summed E-state index contributed by atoms with van der Waals surface area (Å²) in [5.41, 5.74) is 2.12. The molecule has 16 heavy (non-hydrogen) atoms. The molecule has 0 saturated carbocycles. The van der Waals surface area contributed by atoms with Gasteiger partial charge >= 0.3 is 0 Å². The smallest absolute Gasteiger partial charge is 0.131 e. The molecule has 2 rings (SSSR count). The van der Waals surface area contributed by atoms with Crippen LogP contribution in [0.5, 0.6) is 0 Å². The third-order valence-corrected chi connectivity index (χ3v) is 2.59. The van der Waals surface area contributed by atoms with E-state index in [1.807, 2.05) is 60.7 Å². The normalized spacial score (nSPS) is 11.4. The molecule has 80 valence electrons. The first-order valence-corrected chi connectivity index (χ1v) is 5.53. The minimum absolute atomic E-state index is 0.560. The van der Waals surface area contributed by atoms with Crippen molar-refractivity contribution < 1.29 is 0 Å². The maximum atomic E-state index is 6.11. The zero-order chi connectivity index (χ0) is 11.2. The van der Waals surface area contributed by atoms with Gasteiger partial charge < -0.3 is 0 Å². The molecule has 2 aromatic carbocycles. The van der Waals surface area contributed by atoms with E-state index in [-0.39, 0.29) is 0 Å². The van der Waals surface area contributed by atoms with Gasteiger partial charge in [-0.05, 0) is 5.56 Å². The second-order valence-electron chi connectivity index (χ2n) is 3.46. The van der Waals surface area contributed by atoms with Crippen LogP contribution < -0.4 is 0 Å². The summed E-state index contributed by atoms with van der Waals surface area (Å²) in [4.78, 5) is 4.35. The Balaban J connectivity index is 2.09. The highest BCUT2D eigenvalue weighted by Crippen LogP contribution is 2.07. The lowest BCUT2D eigenvalue weighted by Gasteiger charge is -1.99. The van der Waals surface area contributed by atoms with E-state index in [0.717, 1.165) is 11.1 Å². The first-order chi connectivity index (χ1) is 7.86. The third kappa shape index (κ3) is 2.94. The molecule has 2 aromatic rings. The van der Waals surface area contributed by atoms with Crippen LogP contribution in [0.1, 0.15) is 11.1 Å². The van der Waals surface area contributed by atoms with E-state index < -0.39 is 0 Å². The number of benzene rings is 2. The third-order valence-electron chi connectivity index (χ3n) is 2.26. The minimum Gasteiger partial charge on any atom is -0.268 e. The molecule has 0 atom stereocenters. The Bertz CT molecular complexity index is 463. The SMILES string of the molecule is ClC(=NCc1ccccc1)c1ccccc1. The van der Waals surface area contributed by atoms with Gasteiger partial charge in [-0.25, -0.2) is 0 Å². The average Bonchev–Trinajstić information content (AvgIpc) is 2.38. The molecule has 0 aliphatic carbocycles. The highest BCUT2D eigenvalue weighted by atomic mass is 35.5. The van der Waals surface area contributed by atoms with Crippen molar-refractivity contribution in [3.63, 3.8) is 0 Å². The van der Waals surface area contributed by atoms with Crippen molar-refractivity contribution in [3.8, 4) is 0 Å². The Morgan fingerprint density at radius 3 is 2.06 bits per heavy atom. The van der Waals surface area contributed by atoms with E-state index in [1.165, 1.54) is 0 Å². The van der Waals surface area contributed by atoms with Gasteiger partial charge in [0.15, 0.2) is 0 Å². The van der Waals surface area contributed by atoms with Gasteiger partial charge in [-0.2, -0.15) is 0 Å². The number of aliphatic imine (C=N–C) groups is 1. The molecule has 2 heteroatoms. The van der Waals surface area contributed by atoms with Gasteiger partial charge in [0, 0.05) is 5.56 Å². The second-order valence-corrected chi connectivity index (χ2v) is 3.82. The van der Waals surface area contributed by atoms with Crippen LogP contribution in [-0.4, -0.2) is 5.17 Å². The van der Waals surface area contributed by atoms with E-state index in [1.54, 1.807) is 0 Å². The summed E-state index contributed by atoms with van der Waals surface area (Å²) in [6.07, 6.45) is 0. The Hall–Kier alpha value is -1.60. The fourth-order valence-corrected chi connectivity index (χ4v) is 1.60. The summed E-state index contributed by atoms with van der Waals surface area (Å²) in [5, 5.41) is 0.560. The standard InChI is InChI=1S/C14H12ClN/c15-14(13-9-5-2-6-10-13)16-11-12-7-3-1-4-8-12/h1-10H,11H2. The summed E-state index contributed by atoms with van der Waals surface area (Å²) in [6, 6.07) is 19.9. The van der Waals surface area contributed by atoms with Crippen LogP contribution in [0, 0.1) is 0 Å². The van der Waals surface area contributed by atoms with Gasteiger partial charge in [0.25, 0.3) is 0 Å². The molecule has 0 N–H and O–H groups in total. The fraction of sp³-hybridized carbons (Fsp3) is 0.0714. The molecule has 0 fully saturated rings. The van der Waals surface area contributed by atoms with Crippen molar-refractivity contribution in [2.24, 2.45) is 4.99 Å². The summed E-state index contributed by atoms with van der Waals surface area (Å²) >= 11 is 6.11. The molecule has 0 heterocycles. The van der Waals surface area contributed by atoms with Crippen LogP contribution in [0.2, 0.25) is 0 Å². The van der Waals surface area contributed by atoms with Crippen molar-refractivity contribution in [3.05, 3.63) is 71.8 Å². The van der Waals surface area contributed by atoms with Gasteiger partial charge in [0.05, 0.1) is 6.54 Å². The number of rotatable bonds is 3. The van der Waals surface area contributed by atoms with Crippen molar-refractivity contribution in [2.45, 2.75) is 6.54 Å². The van der Waals surface area contributed by atoms with E-state index in [9.17, 15) is 0 Å². The number of halogens is 1. The monoisotopic (exact) mass is 229 g/mol. The van der Waals surface area contributed by atoms with Crippen LogP contribution in [0.25, 0.3) is 0 Å². The van der Waals surface area contributed by atoms with Crippen LogP contribution in [-0.2, 0) is 6.54 Å². The molecule has 0 aliphatic heterocycles. The predicted molar refractivity (Wildman–Crippen MR) is 69.0 cm³/mol. The molecule has 0 unspecified atom stereocenters. The molecule has 0 radical (unpaired) electrons. The van der Waals surface area contributed by atoms with Crippen LogP contribution in [0.3, 0.4) is 0 Å². The largest absolute Gasteiger partial charge is 0.268 e. The summed E-state index contributed by atoms with van der Waals surface area (Å²) in [7, 11) is 0. The molecule has 0 aliphatic rings. The molecule has 1 nitrogen and oxygen atoms in total. The summed E-state index contributed by atoms with van der Waals surface area (Å²) < 4.78 is 0. The lowest BCUT2D eigenvalue weighted by atomic mass is 10.2. The van der Waals surface area contributed by atoms with E-state index in [2.05, 4.69) is 4.99 Å². The first kappa shape index (κ1) is 10.9. The minimum atomic E-state index is 0.560.